The lowest BCUT2D eigenvalue weighted by atomic mass is 10.6. The van der Waals surface area contributed by atoms with Crippen molar-refractivity contribution in [3.8, 4) is 0 Å². The summed E-state index contributed by atoms with van der Waals surface area (Å²) in [5.74, 6) is 0. The molecule has 0 unspecified atom stereocenters. The fraction of sp³-hybridized carbons (Fsp3) is 1.00. The van der Waals surface area contributed by atoms with Crippen molar-refractivity contribution < 1.29 is 0 Å². The van der Waals surface area contributed by atoms with Crippen molar-refractivity contribution in [2.24, 2.45) is 0 Å². The summed E-state index contributed by atoms with van der Waals surface area (Å²) in [6.45, 7) is 14.6. The molecule has 0 spiro atoms. The van der Waals surface area contributed by atoms with E-state index in [1.165, 1.54) is 18.7 Å². The highest BCUT2D eigenvalue weighted by Crippen LogP contribution is 2.51. The lowest BCUT2D eigenvalue weighted by Gasteiger charge is -2.14. The van der Waals surface area contributed by atoms with Crippen LogP contribution in [0.4, 0.5) is 0 Å². The molecular formula is C9H24P2+2. The molecule has 0 bridgehead atoms. The molecule has 0 aromatic heterocycles. The van der Waals surface area contributed by atoms with Crippen molar-refractivity contribution in [2.45, 2.75) is 6.42 Å². The van der Waals surface area contributed by atoms with Gasteiger partial charge in [-0.05, 0) is 0 Å². The second-order valence-electron chi connectivity index (χ2n) is 5.38. The Morgan fingerprint density at radius 2 is 0.909 bits per heavy atom. The van der Waals surface area contributed by atoms with E-state index in [1.807, 2.05) is 0 Å². The molecule has 0 atom stereocenters. The molecule has 0 saturated heterocycles. The summed E-state index contributed by atoms with van der Waals surface area (Å²) >= 11 is 0. The Hall–Kier alpha value is 0.860. The molecule has 0 nitrogen and oxygen atoms in total. The molecule has 11 heavy (non-hydrogen) atoms. The molecule has 2 heteroatoms. The van der Waals surface area contributed by atoms with Gasteiger partial charge in [-0.25, -0.2) is 0 Å². The standard InChI is InChI=1S/C9H24P2/c1-10(2,3)8-7-9-11(4,5)6/h7-9H2,1-6H3/q+2. The molecule has 68 valence electrons. The number of rotatable bonds is 4. The van der Waals surface area contributed by atoms with E-state index < -0.39 is 14.5 Å². The van der Waals surface area contributed by atoms with Crippen LogP contribution in [0, 0.1) is 0 Å². The van der Waals surface area contributed by atoms with Crippen LogP contribution in [-0.4, -0.2) is 52.3 Å². The van der Waals surface area contributed by atoms with E-state index in [2.05, 4.69) is 40.0 Å². The molecule has 0 heterocycles. The number of hydrogen-bond donors (Lipinski definition) is 0. The molecule has 0 radical (unpaired) electrons. The zero-order valence-corrected chi connectivity index (χ0v) is 10.8. The van der Waals surface area contributed by atoms with Crippen LogP contribution in [0.15, 0.2) is 0 Å². The van der Waals surface area contributed by atoms with E-state index in [4.69, 9.17) is 0 Å². The van der Waals surface area contributed by atoms with Crippen molar-refractivity contribution in [1.29, 1.82) is 0 Å². The highest BCUT2D eigenvalue weighted by atomic mass is 31.2. The van der Waals surface area contributed by atoms with Crippen LogP contribution >= 0.6 is 14.5 Å². The van der Waals surface area contributed by atoms with Crippen LogP contribution < -0.4 is 0 Å². The molecule has 0 aromatic rings. The van der Waals surface area contributed by atoms with E-state index in [9.17, 15) is 0 Å². The van der Waals surface area contributed by atoms with Crippen molar-refractivity contribution in [3.63, 3.8) is 0 Å². The summed E-state index contributed by atoms with van der Waals surface area (Å²) in [6.07, 6.45) is 4.45. The topological polar surface area (TPSA) is 0 Å². The van der Waals surface area contributed by atoms with Gasteiger partial charge in [0.2, 0.25) is 0 Å². The summed E-state index contributed by atoms with van der Waals surface area (Å²) in [4.78, 5) is 0. The largest absolute Gasteiger partial charge is 0.0620 e. The zero-order chi connectivity index (χ0) is 9.12. The minimum atomic E-state index is -0.484. The first-order chi connectivity index (χ1) is 4.71. The second-order valence-corrected chi connectivity index (χ2v) is 15.4. The third-order valence-corrected chi connectivity index (χ3v) is 4.97. The first-order valence-electron chi connectivity index (χ1n) is 4.32. The van der Waals surface area contributed by atoms with Gasteiger partial charge in [-0.2, -0.15) is 0 Å². The highest BCUT2D eigenvalue weighted by molar-refractivity contribution is 7.74. The predicted molar refractivity (Wildman–Crippen MR) is 63.7 cm³/mol. The van der Waals surface area contributed by atoms with Gasteiger partial charge >= 0.3 is 0 Å². The van der Waals surface area contributed by atoms with Gasteiger partial charge in [0.05, 0.1) is 12.3 Å². The summed E-state index contributed by atoms with van der Waals surface area (Å²) in [5.41, 5.74) is 0. The predicted octanol–water partition coefficient (Wildman–Crippen LogP) is 3.19. The lowest BCUT2D eigenvalue weighted by Crippen LogP contribution is -1.99. The van der Waals surface area contributed by atoms with Crippen molar-refractivity contribution in [1.82, 2.24) is 0 Å². The zero-order valence-electron chi connectivity index (χ0n) is 9.02. The Morgan fingerprint density at radius 1 is 0.636 bits per heavy atom. The maximum atomic E-state index is 2.44. The molecule has 0 saturated carbocycles. The van der Waals surface area contributed by atoms with Crippen LogP contribution in [0.1, 0.15) is 6.42 Å². The number of hydrogen-bond acceptors (Lipinski definition) is 0. The maximum Gasteiger partial charge on any atom is 0.0620 e. The molecule has 0 aliphatic rings. The van der Waals surface area contributed by atoms with Crippen LogP contribution in [-0.2, 0) is 0 Å². The third-order valence-electron chi connectivity index (χ3n) is 1.66. The monoisotopic (exact) mass is 194 g/mol. The molecule has 0 aliphatic carbocycles. The smallest absolute Gasteiger partial charge is 0.00538 e. The van der Waals surface area contributed by atoms with Crippen LogP contribution in [0.2, 0.25) is 0 Å². The molecule has 0 rings (SSSR count). The first kappa shape index (κ1) is 11.9. The summed E-state index contributed by atoms with van der Waals surface area (Å²) in [6, 6.07) is 0. The van der Waals surface area contributed by atoms with Gasteiger partial charge in [-0.1, -0.05) is 0 Å². The summed E-state index contributed by atoms with van der Waals surface area (Å²) in [7, 11) is -0.968. The normalized spacial score (nSPS) is 13.6. The molecule has 0 aromatic carbocycles. The summed E-state index contributed by atoms with van der Waals surface area (Å²) < 4.78 is 0. The highest BCUT2D eigenvalue weighted by Gasteiger charge is 2.21. The Morgan fingerprint density at radius 3 is 1.09 bits per heavy atom. The Labute approximate surface area is 73.8 Å². The summed E-state index contributed by atoms with van der Waals surface area (Å²) in [5, 5.41) is 0. The maximum absolute atomic E-state index is 2.44. The van der Waals surface area contributed by atoms with Crippen LogP contribution in [0.5, 0.6) is 0 Å². The van der Waals surface area contributed by atoms with Crippen molar-refractivity contribution in [2.75, 3.05) is 52.3 Å². The van der Waals surface area contributed by atoms with Gasteiger partial charge in [0.25, 0.3) is 0 Å². The van der Waals surface area contributed by atoms with Gasteiger partial charge in [0.1, 0.15) is 0 Å². The van der Waals surface area contributed by atoms with E-state index in [0.717, 1.165) is 0 Å². The van der Waals surface area contributed by atoms with Crippen molar-refractivity contribution >= 4 is 14.5 Å². The Bertz CT molecular complexity index is 91.7. The lowest BCUT2D eigenvalue weighted by molar-refractivity contribution is 1.09. The molecule has 0 N–H and O–H groups in total. The fourth-order valence-electron chi connectivity index (χ4n) is 1.02. The van der Waals surface area contributed by atoms with Gasteiger partial charge in [0, 0.05) is 60.9 Å². The minimum absolute atomic E-state index is 0.484. The molecule has 0 fully saturated rings. The van der Waals surface area contributed by atoms with Gasteiger partial charge in [-0.3, -0.25) is 0 Å². The molecular weight excluding hydrogens is 170 g/mol. The van der Waals surface area contributed by atoms with Crippen LogP contribution in [0.3, 0.4) is 0 Å². The van der Waals surface area contributed by atoms with E-state index in [-0.39, 0.29) is 0 Å². The minimum Gasteiger partial charge on any atom is 0.00538 e. The Balaban J connectivity index is 3.44. The third kappa shape index (κ3) is 10.9. The SMILES string of the molecule is C[P+](C)(C)CCC[P+](C)(C)C. The van der Waals surface area contributed by atoms with E-state index >= 15 is 0 Å². The molecule has 0 aliphatic heterocycles. The van der Waals surface area contributed by atoms with E-state index in [1.54, 1.807) is 0 Å². The van der Waals surface area contributed by atoms with E-state index in [0.29, 0.717) is 0 Å². The van der Waals surface area contributed by atoms with Gasteiger partial charge < -0.3 is 0 Å². The quantitative estimate of drug-likeness (QED) is 0.603. The first-order valence-corrected chi connectivity index (χ1v) is 10.9. The Kier molecular flexibility index (Phi) is 4.53. The average Bonchev–Trinajstić information content (AvgIpc) is 1.55. The van der Waals surface area contributed by atoms with Gasteiger partial charge in [-0.15, -0.1) is 0 Å². The molecule has 0 amide bonds. The fourth-order valence-corrected chi connectivity index (χ4v) is 3.48. The average molecular weight is 194 g/mol. The second kappa shape index (κ2) is 4.20. The van der Waals surface area contributed by atoms with Crippen molar-refractivity contribution in [3.05, 3.63) is 0 Å². The van der Waals surface area contributed by atoms with Crippen LogP contribution in [0.25, 0.3) is 0 Å². The van der Waals surface area contributed by atoms with Gasteiger partial charge in [0.15, 0.2) is 0 Å².